The van der Waals surface area contributed by atoms with Gasteiger partial charge in [-0.25, -0.2) is 34.9 Å². The topological polar surface area (TPSA) is 156 Å². The van der Waals surface area contributed by atoms with Crippen LogP contribution in [0.5, 0.6) is 0 Å². The van der Waals surface area contributed by atoms with Gasteiger partial charge in [-0.15, -0.1) is 4.83 Å². The highest BCUT2D eigenvalue weighted by molar-refractivity contribution is 7.89. The molecule has 2 amide bonds. The molecule has 3 N–H and O–H groups in total. The second kappa shape index (κ2) is 21.0. The van der Waals surface area contributed by atoms with E-state index in [1.54, 1.807) is 4.90 Å². The van der Waals surface area contributed by atoms with Crippen molar-refractivity contribution in [1.29, 1.82) is 0 Å². The highest BCUT2D eigenvalue weighted by Crippen LogP contribution is 2.37. The summed E-state index contributed by atoms with van der Waals surface area (Å²) in [6, 6.07) is -1.01. The van der Waals surface area contributed by atoms with Gasteiger partial charge in [0.15, 0.2) is 0 Å². The molecule has 304 valence electrons. The van der Waals surface area contributed by atoms with E-state index < -0.39 is 73.4 Å². The Balaban J connectivity index is 1.86. The van der Waals surface area contributed by atoms with Crippen molar-refractivity contribution < 1.29 is 40.3 Å². The molecule has 0 aliphatic heterocycles. The molecular formula is C36H67F2N5O7S2. The predicted molar refractivity (Wildman–Crippen MR) is 199 cm³/mol. The molecule has 0 bridgehead atoms. The van der Waals surface area contributed by atoms with Crippen LogP contribution in [-0.2, 0) is 29.6 Å². The third kappa shape index (κ3) is 13.7. The van der Waals surface area contributed by atoms with Gasteiger partial charge in [0.2, 0.25) is 31.9 Å². The van der Waals surface area contributed by atoms with Crippen LogP contribution in [0, 0.1) is 23.7 Å². The molecule has 3 aliphatic rings. The van der Waals surface area contributed by atoms with Crippen molar-refractivity contribution in [2.75, 3.05) is 46.0 Å². The molecule has 0 saturated heterocycles. The van der Waals surface area contributed by atoms with Gasteiger partial charge in [0.25, 0.3) is 0 Å². The van der Waals surface area contributed by atoms with E-state index in [9.17, 15) is 40.3 Å². The molecule has 0 aromatic rings. The number of nitrogens with one attached hydrogen (secondary N) is 2. The standard InChI is InChI=1S/C36H67F2N5O7S2/c1-6-14-42(15-7-2)36(46)29-20-28(21-32(22-29)52(49,50)41(4)5)35(45)39-33(19-27-17-30(37)23-31(38)18-27)34(44)24-43(16-8-3)40-51(47,48)25-26-12-10-9-11-13-26/h26-34,40,44H,6-25H2,1-5H3,(H,39,45). The van der Waals surface area contributed by atoms with Crippen molar-refractivity contribution in [2.24, 2.45) is 23.7 Å². The van der Waals surface area contributed by atoms with Crippen LogP contribution in [0.3, 0.4) is 0 Å². The molecule has 12 nitrogen and oxygen atoms in total. The van der Waals surface area contributed by atoms with Crippen molar-refractivity contribution in [3.05, 3.63) is 0 Å². The van der Waals surface area contributed by atoms with E-state index in [1.807, 2.05) is 20.8 Å². The molecule has 7 unspecified atom stereocenters. The lowest BCUT2D eigenvalue weighted by atomic mass is 9.79. The number of hydrogen-bond donors (Lipinski definition) is 3. The van der Waals surface area contributed by atoms with Crippen molar-refractivity contribution >= 4 is 31.9 Å². The molecule has 0 radical (unpaired) electrons. The Morgan fingerprint density at radius 1 is 0.788 bits per heavy atom. The number of rotatable bonds is 20. The van der Waals surface area contributed by atoms with Gasteiger partial charge in [0, 0.05) is 58.5 Å². The number of nitrogens with zero attached hydrogens (tertiary/aromatic N) is 3. The largest absolute Gasteiger partial charge is 0.390 e. The van der Waals surface area contributed by atoms with E-state index in [2.05, 4.69) is 10.1 Å². The number of hydrogen-bond acceptors (Lipinski definition) is 8. The van der Waals surface area contributed by atoms with Gasteiger partial charge in [-0.3, -0.25) is 9.59 Å². The van der Waals surface area contributed by atoms with E-state index in [1.165, 1.54) is 19.1 Å². The molecule has 52 heavy (non-hydrogen) atoms. The van der Waals surface area contributed by atoms with E-state index in [0.29, 0.717) is 19.5 Å². The third-order valence-electron chi connectivity index (χ3n) is 11.0. The van der Waals surface area contributed by atoms with Crippen molar-refractivity contribution in [3.8, 4) is 0 Å². The fourth-order valence-electron chi connectivity index (χ4n) is 8.50. The first-order valence-corrected chi connectivity index (χ1v) is 22.9. The summed E-state index contributed by atoms with van der Waals surface area (Å²) in [4.78, 5) is 32.3. The summed E-state index contributed by atoms with van der Waals surface area (Å²) in [7, 11) is -4.72. The Labute approximate surface area is 312 Å². The van der Waals surface area contributed by atoms with E-state index in [4.69, 9.17) is 0 Å². The quantitative estimate of drug-likeness (QED) is 0.156. The van der Waals surface area contributed by atoms with E-state index in [-0.39, 0.29) is 75.6 Å². The fraction of sp³-hybridized carbons (Fsp3) is 0.944. The smallest absolute Gasteiger partial charge is 0.225 e. The molecule has 7 atom stereocenters. The molecular weight excluding hydrogens is 717 g/mol. The number of hydrazine groups is 1. The zero-order valence-electron chi connectivity index (χ0n) is 32.1. The summed E-state index contributed by atoms with van der Waals surface area (Å²) in [6.07, 6.45) is 2.94. The van der Waals surface area contributed by atoms with Crippen LogP contribution in [-0.4, -0.2) is 124 Å². The Bertz CT molecular complexity index is 1320. The Hall–Kier alpha value is -1.46. The molecule has 0 spiro atoms. The average Bonchev–Trinajstić information content (AvgIpc) is 3.06. The zero-order valence-corrected chi connectivity index (χ0v) is 33.8. The summed E-state index contributed by atoms with van der Waals surface area (Å²) in [5.41, 5.74) is 0. The number of halogens is 2. The average molecular weight is 784 g/mol. The maximum atomic E-state index is 14.5. The number of sulfonamides is 2. The summed E-state index contributed by atoms with van der Waals surface area (Å²) in [5.74, 6) is -2.75. The summed E-state index contributed by atoms with van der Waals surface area (Å²) < 4.78 is 83.4. The van der Waals surface area contributed by atoms with Crippen molar-refractivity contribution in [1.82, 2.24) is 24.4 Å². The van der Waals surface area contributed by atoms with Crippen LogP contribution in [0.1, 0.15) is 117 Å². The summed E-state index contributed by atoms with van der Waals surface area (Å²) >= 11 is 0. The van der Waals surface area contributed by atoms with E-state index in [0.717, 1.165) is 49.3 Å². The van der Waals surface area contributed by atoms with Gasteiger partial charge >= 0.3 is 0 Å². The molecule has 3 saturated carbocycles. The number of amides is 2. The Morgan fingerprint density at radius 2 is 1.37 bits per heavy atom. The zero-order chi connectivity index (χ0) is 38.6. The lowest BCUT2D eigenvalue weighted by Gasteiger charge is -2.38. The van der Waals surface area contributed by atoms with Crippen LogP contribution in [0.25, 0.3) is 0 Å². The minimum Gasteiger partial charge on any atom is -0.390 e. The van der Waals surface area contributed by atoms with Crippen LogP contribution < -0.4 is 10.1 Å². The second-order valence-corrected chi connectivity index (χ2v) is 20.1. The molecule has 3 fully saturated rings. The van der Waals surface area contributed by atoms with Gasteiger partial charge in [-0.1, -0.05) is 40.0 Å². The van der Waals surface area contributed by atoms with E-state index >= 15 is 0 Å². The number of aliphatic hydroxyl groups excluding tert-OH is 1. The highest BCUT2D eigenvalue weighted by Gasteiger charge is 2.44. The molecule has 0 heterocycles. The molecule has 3 aliphatic carbocycles. The maximum Gasteiger partial charge on any atom is 0.225 e. The Morgan fingerprint density at radius 3 is 1.92 bits per heavy atom. The van der Waals surface area contributed by atoms with Gasteiger partial charge in [-0.05, 0) is 82.5 Å². The van der Waals surface area contributed by atoms with Gasteiger partial charge in [0.05, 0.1) is 23.1 Å². The molecule has 0 aromatic carbocycles. The second-order valence-electron chi connectivity index (χ2n) is 15.9. The molecule has 0 aromatic heterocycles. The highest BCUT2D eigenvalue weighted by atomic mass is 32.2. The van der Waals surface area contributed by atoms with Crippen LogP contribution in [0.15, 0.2) is 0 Å². The monoisotopic (exact) mass is 783 g/mol. The fourth-order valence-corrected chi connectivity index (χ4v) is 11.6. The molecule has 16 heteroatoms. The summed E-state index contributed by atoms with van der Waals surface area (Å²) in [5, 5.41) is 15.0. The SMILES string of the molecule is CCCN(CC(O)C(CC1CC(F)CC(F)C1)NC(=O)C1CC(C(=O)N(CCC)CCC)CC(S(=O)(=O)N(C)C)C1)NS(=O)(=O)CC1CCCCC1. The minimum absolute atomic E-state index is 0.0200. The number of carbonyl (C=O) groups is 2. The molecule has 3 rings (SSSR count). The third-order valence-corrected chi connectivity index (χ3v) is 14.7. The minimum atomic E-state index is -3.84. The first-order valence-electron chi connectivity index (χ1n) is 19.7. The van der Waals surface area contributed by atoms with Gasteiger partial charge in [0.1, 0.15) is 12.3 Å². The van der Waals surface area contributed by atoms with Gasteiger partial charge in [-0.2, -0.15) is 0 Å². The predicted octanol–water partition coefficient (Wildman–Crippen LogP) is 4.15. The summed E-state index contributed by atoms with van der Waals surface area (Å²) in [6.45, 7) is 6.94. The first-order chi connectivity index (χ1) is 24.5. The van der Waals surface area contributed by atoms with Crippen LogP contribution in [0.2, 0.25) is 0 Å². The van der Waals surface area contributed by atoms with Crippen molar-refractivity contribution in [2.45, 2.75) is 147 Å². The lowest BCUT2D eigenvalue weighted by Crippen LogP contribution is -2.55. The Kier molecular flexibility index (Phi) is 18.2. The number of aliphatic hydroxyl groups is 1. The van der Waals surface area contributed by atoms with Crippen molar-refractivity contribution in [3.63, 3.8) is 0 Å². The first kappa shape index (κ1) is 44.9. The number of alkyl halides is 2. The normalized spacial score (nSPS) is 27.7. The van der Waals surface area contributed by atoms with Crippen LogP contribution in [0.4, 0.5) is 8.78 Å². The number of carbonyl (C=O) groups excluding carboxylic acids is 2. The lowest BCUT2D eigenvalue weighted by molar-refractivity contribution is -0.138. The van der Waals surface area contributed by atoms with Crippen LogP contribution >= 0.6 is 0 Å². The maximum absolute atomic E-state index is 14.5. The van der Waals surface area contributed by atoms with Gasteiger partial charge < -0.3 is 15.3 Å².